The van der Waals surface area contributed by atoms with Crippen LogP contribution in [0.25, 0.3) is 11.1 Å². The molecule has 0 saturated carbocycles. The van der Waals surface area contributed by atoms with Crippen molar-refractivity contribution in [3.63, 3.8) is 0 Å². The molecule has 9 nitrogen and oxygen atoms in total. The number of aliphatic hydroxyl groups is 2. The molecule has 1 aromatic carbocycles. The van der Waals surface area contributed by atoms with E-state index in [2.05, 4.69) is 10.2 Å². The van der Waals surface area contributed by atoms with Crippen molar-refractivity contribution in [3.8, 4) is 11.1 Å². The summed E-state index contributed by atoms with van der Waals surface area (Å²) in [4.78, 5) is 17.6. The third-order valence-corrected chi connectivity index (χ3v) is 4.67. The molecular weight excluding hydrogens is 381 g/mol. The number of likely N-dealkylation sites (N-methyl/N-ethyl adjacent to an activating group) is 1. The number of ether oxygens (including phenoxy) is 1. The van der Waals surface area contributed by atoms with E-state index in [9.17, 15) is 14.3 Å². The van der Waals surface area contributed by atoms with E-state index in [0.717, 1.165) is 0 Å². The number of hydrogen-bond acceptors (Lipinski definition) is 7. The molecule has 2 unspecified atom stereocenters. The van der Waals surface area contributed by atoms with Gasteiger partial charge in [-0.05, 0) is 31.2 Å². The number of rotatable bonds is 8. The summed E-state index contributed by atoms with van der Waals surface area (Å²) >= 11 is 0. The van der Waals surface area contributed by atoms with Crippen LogP contribution >= 0.6 is 0 Å². The molecule has 10 heteroatoms. The van der Waals surface area contributed by atoms with Gasteiger partial charge in [0.1, 0.15) is 18.0 Å². The highest BCUT2D eigenvalue weighted by molar-refractivity contribution is 5.90. The van der Waals surface area contributed by atoms with Gasteiger partial charge < -0.3 is 14.9 Å². The van der Waals surface area contributed by atoms with Crippen LogP contribution in [-0.4, -0.2) is 58.6 Å². The summed E-state index contributed by atoms with van der Waals surface area (Å²) in [7, 11) is 0. The van der Waals surface area contributed by atoms with Gasteiger partial charge in [-0.2, -0.15) is 5.53 Å². The average Bonchev–Trinajstić information content (AvgIpc) is 3.11. The van der Waals surface area contributed by atoms with E-state index < -0.39 is 30.7 Å². The molecular formula is C19H22FN5O4. The standard InChI is InChI=1S/C19H22FN5O4/c1-2-24(23-21)9-14-10-25(19(28)29-14)13-4-5-15(16(20)7-13)12-3-6-17(22-8-12)18(27)11-26/h3-8,14,18,21,26-27H,2,9-11H2,1H3. The van der Waals surface area contributed by atoms with Crippen LogP contribution < -0.4 is 4.90 Å². The molecule has 0 radical (unpaired) electrons. The lowest BCUT2D eigenvalue weighted by atomic mass is 10.1. The Morgan fingerprint density at radius 3 is 2.83 bits per heavy atom. The molecule has 154 valence electrons. The first kappa shape index (κ1) is 20.6. The van der Waals surface area contributed by atoms with Crippen molar-refractivity contribution in [1.29, 1.82) is 5.53 Å². The van der Waals surface area contributed by atoms with E-state index >= 15 is 0 Å². The van der Waals surface area contributed by atoms with Crippen LogP contribution in [0.3, 0.4) is 0 Å². The highest BCUT2D eigenvalue weighted by Crippen LogP contribution is 2.29. The van der Waals surface area contributed by atoms with Gasteiger partial charge in [0.05, 0.1) is 31.1 Å². The van der Waals surface area contributed by atoms with Crippen molar-refractivity contribution in [2.45, 2.75) is 19.1 Å². The van der Waals surface area contributed by atoms with E-state index in [4.69, 9.17) is 15.4 Å². The monoisotopic (exact) mass is 403 g/mol. The van der Waals surface area contributed by atoms with Crippen LogP contribution in [0.1, 0.15) is 18.7 Å². The first-order chi connectivity index (χ1) is 14.0. The van der Waals surface area contributed by atoms with Crippen LogP contribution in [0.4, 0.5) is 14.9 Å². The fourth-order valence-electron chi connectivity index (χ4n) is 3.06. The topological polar surface area (TPSA) is 122 Å². The van der Waals surface area contributed by atoms with Crippen molar-refractivity contribution >= 4 is 11.8 Å². The second kappa shape index (κ2) is 8.93. The quantitative estimate of drug-likeness (QED) is 0.460. The van der Waals surface area contributed by atoms with E-state index in [1.54, 1.807) is 18.2 Å². The fraction of sp³-hybridized carbons (Fsp3) is 0.368. The number of aromatic nitrogens is 1. The Bertz CT molecular complexity index is 879. The van der Waals surface area contributed by atoms with Gasteiger partial charge >= 0.3 is 6.09 Å². The predicted molar refractivity (Wildman–Crippen MR) is 102 cm³/mol. The number of carbonyl (C=O) groups is 1. The maximum atomic E-state index is 14.7. The lowest BCUT2D eigenvalue weighted by Crippen LogP contribution is -2.31. The van der Waals surface area contributed by atoms with Crippen LogP contribution in [0, 0.1) is 11.3 Å². The van der Waals surface area contributed by atoms with Gasteiger partial charge in [-0.3, -0.25) is 14.9 Å². The number of aliphatic hydroxyl groups excluding tert-OH is 2. The molecule has 3 rings (SSSR count). The summed E-state index contributed by atoms with van der Waals surface area (Å²) in [6.45, 7) is 2.43. The first-order valence-electron chi connectivity index (χ1n) is 9.12. The summed E-state index contributed by atoms with van der Waals surface area (Å²) < 4.78 is 20.0. The molecule has 0 aliphatic carbocycles. The molecule has 3 N–H and O–H groups in total. The molecule has 1 amide bonds. The first-order valence-corrected chi connectivity index (χ1v) is 9.12. The number of cyclic esters (lactones) is 1. The van der Waals surface area contributed by atoms with Crippen LogP contribution in [0.15, 0.2) is 41.8 Å². The number of nitrogens with one attached hydrogen (secondary N) is 1. The molecule has 1 saturated heterocycles. The van der Waals surface area contributed by atoms with E-state index in [1.807, 2.05) is 6.92 Å². The Morgan fingerprint density at radius 2 is 2.24 bits per heavy atom. The average molecular weight is 403 g/mol. The smallest absolute Gasteiger partial charge is 0.414 e. The number of amides is 1. The molecule has 29 heavy (non-hydrogen) atoms. The number of halogens is 1. The third kappa shape index (κ3) is 4.49. The summed E-state index contributed by atoms with van der Waals surface area (Å²) in [5.41, 5.74) is 8.54. The molecule has 0 bridgehead atoms. The lowest BCUT2D eigenvalue weighted by molar-refractivity contribution is 0.0923. The zero-order chi connectivity index (χ0) is 21.0. The van der Waals surface area contributed by atoms with Gasteiger partial charge in [0.2, 0.25) is 0 Å². The second-order valence-electron chi connectivity index (χ2n) is 6.56. The van der Waals surface area contributed by atoms with Crippen molar-refractivity contribution in [2.24, 2.45) is 5.22 Å². The second-order valence-corrected chi connectivity index (χ2v) is 6.56. The summed E-state index contributed by atoms with van der Waals surface area (Å²) in [5.74, 6) is -0.535. The summed E-state index contributed by atoms with van der Waals surface area (Å²) in [6.07, 6.45) is -0.714. The Morgan fingerprint density at radius 1 is 1.45 bits per heavy atom. The molecule has 1 fully saturated rings. The number of benzene rings is 1. The Labute approximate surface area is 166 Å². The number of carbonyl (C=O) groups excluding carboxylic acids is 1. The minimum absolute atomic E-state index is 0.235. The van der Waals surface area contributed by atoms with Crippen molar-refractivity contribution < 1.29 is 24.1 Å². The fourth-order valence-corrected chi connectivity index (χ4v) is 3.06. The Kier molecular flexibility index (Phi) is 6.35. The van der Waals surface area contributed by atoms with E-state index in [0.29, 0.717) is 35.6 Å². The van der Waals surface area contributed by atoms with E-state index in [1.165, 1.54) is 28.2 Å². The SMILES string of the molecule is CCN(CC1CN(c2ccc(-c3ccc(C(O)CO)nc3)c(F)c2)C(=O)O1)N=N. The minimum atomic E-state index is -1.09. The molecule has 1 aliphatic heterocycles. The zero-order valence-electron chi connectivity index (χ0n) is 15.8. The van der Waals surface area contributed by atoms with Crippen molar-refractivity contribution in [2.75, 3.05) is 31.1 Å². The highest BCUT2D eigenvalue weighted by atomic mass is 19.1. The normalized spacial score (nSPS) is 17.2. The van der Waals surface area contributed by atoms with Crippen LogP contribution in [0.5, 0.6) is 0 Å². The van der Waals surface area contributed by atoms with Crippen LogP contribution in [0.2, 0.25) is 0 Å². The maximum absolute atomic E-state index is 14.7. The summed E-state index contributed by atoms with van der Waals surface area (Å²) in [6, 6.07) is 7.53. The number of nitrogens with zero attached hydrogens (tertiary/aromatic N) is 4. The molecule has 0 spiro atoms. The predicted octanol–water partition coefficient (Wildman–Crippen LogP) is 2.51. The van der Waals surface area contributed by atoms with Crippen molar-refractivity contribution in [3.05, 3.63) is 48.0 Å². The van der Waals surface area contributed by atoms with Crippen LogP contribution in [-0.2, 0) is 4.74 Å². The molecule has 2 heterocycles. The highest BCUT2D eigenvalue weighted by Gasteiger charge is 2.33. The molecule has 1 aromatic heterocycles. The number of anilines is 1. The zero-order valence-corrected chi connectivity index (χ0v) is 15.8. The van der Waals surface area contributed by atoms with Gasteiger partial charge in [0, 0.05) is 23.9 Å². The molecule has 1 aliphatic rings. The van der Waals surface area contributed by atoms with Gasteiger partial charge in [-0.1, -0.05) is 11.3 Å². The van der Waals surface area contributed by atoms with Gasteiger partial charge in [-0.25, -0.2) is 9.18 Å². The number of hydrogen-bond donors (Lipinski definition) is 3. The lowest BCUT2D eigenvalue weighted by Gasteiger charge is -2.18. The number of pyridine rings is 1. The van der Waals surface area contributed by atoms with E-state index in [-0.39, 0.29) is 6.54 Å². The minimum Gasteiger partial charge on any atom is -0.442 e. The van der Waals surface area contributed by atoms with Crippen molar-refractivity contribution in [1.82, 2.24) is 9.99 Å². The van der Waals surface area contributed by atoms with Gasteiger partial charge in [0.15, 0.2) is 0 Å². The Hall–Kier alpha value is -3.11. The maximum Gasteiger partial charge on any atom is 0.414 e. The largest absolute Gasteiger partial charge is 0.442 e. The van der Waals surface area contributed by atoms with Gasteiger partial charge in [0.25, 0.3) is 0 Å². The third-order valence-electron chi connectivity index (χ3n) is 4.67. The molecule has 2 aromatic rings. The molecule has 2 atom stereocenters. The Balaban J connectivity index is 1.75. The summed E-state index contributed by atoms with van der Waals surface area (Å²) in [5, 5.41) is 23.4. The van der Waals surface area contributed by atoms with Gasteiger partial charge in [-0.15, -0.1) is 0 Å².